The maximum absolute atomic E-state index is 12.3. The molecule has 1 N–H and O–H groups in total. The van der Waals surface area contributed by atoms with Gasteiger partial charge in [-0.25, -0.2) is 4.79 Å². The number of fused-ring (bicyclic) bond motifs is 1. The first-order valence-electron chi connectivity index (χ1n) is 9.00. The Hall–Kier alpha value is -3.71. The number of hydrogen-bond donors (Lipinski definition) is 1. The third-order valence-corrected chi connectivity index (χ3v) is 4.73. The summed E-state index contributed by atoms with van der Waals surface area (Å²) in [5.41, 5.74) is 2.05. The number of ether oxygens (including phenoxy) is 1. The smallest absolute Gasteiger partial charge is 0.343 e. The van der Waals surface area contributed by atoms with Crippen molar-refractivity contribution in [2.45, 2.75) is 13.8 Å². The molecule has 8 heteroatoms. The van der Waals surface area contributed by atoms with Crippen LogP contribution < -0.4 is 4.74 Å². The molecule has 0 saturated heterocycles. The Morgan fingerprint density at radius 2 is 1.93 bits per heavy atom. The Balaban J connectivity index is 1.55. The van der Waals surface area contributed by atoms with E-state index < -0.39 is 11.9 Å². The Bertz CT molecular complexity index is 1180. The highest BCUT2D eigenvalue weighted by Crippen LogP contribution is 2.29. The standard InChI is InChI=1S/C22H16ClN3O4/c1-12-3-6-15(7-4-12)22(28)29-18-8-5-14(11-17(18)23)10-16-20(24)26-19(25-21(16)27)9-13(2)30-26/h3-11,24H,1-2H3/b16-10+,24-20?. The summed E-state index contributed by atoms with van der Waals surface area (Å²) >= 11 is 6.27. The number of amidine groups is 2. The maximum Gasteiger partial charge on any atom is 0.343 e. The number of nitrogens with one attached hydrogen (secondary N) is 1. The zero-order chi connectivity index (χ0) is 21.4. The van der Waals surface area contributed by atoms with Gasteiger partial charge in [-0.15, -0.1) is 5.06 Å². The van der Waals surface area contributed by atoms with Gasteiger partial charge >= 0.3 is 5.97 Å². The van der Waals surface area contributed by atoms with Crippen molar-refractivity contribution in [1.82, 2.24) is 5.06 Å². The number of hydroxylamine groups is 2. The van der Waals surface area contributed by atoms with Crippen LogP contribution in [0.1, 0.15) is 28.4 Å². The number of allylic oxidation sites excluding steroid dienone is 1. The lowest BCUT2D eigenvalue weighted by molar-refractivity contribution is -0.114. The first-order valence-corrected chi connectivity index (χ1v) is 9.38. The summed E-state index contributed by atoms with van der Waals surface area (Å²) in [7, 11) is 0. The number of halogens is 1. The van der Waals surface area contributed by atoms with Crippen LogP contribution in [0.3, 0.4) is 0 Å². The summed E-state index contributed by atoms with van der Waals surface area (Å²) in [5.74, 6) is -0.192. The minimum atomic E-state index is -0.549. The topological polar surface area (TPSA) is 92.0 Å². The Morgan fingerprint density at radius 3 is 2.63 bits per heavy atom. The second-order valence-corrected chi connectivity index (χ2v) is 7.18. The summed E-state index contributed by atoms with van der Waals surface area (Å²) in [6, 6.07) is 11.7. The molecule has 0 spiro atoms. The van der Waals surface area contributed by atoms with E-state index in [9.17, 15) is 9.59 Å². The fraction of sp³-hybridized carbons (Fsp3) is 0.0909. The maximum atomic E-state index is 12.3. The second kappa shape index (κ2) is 7.61. The van der Waals surface area contributed by atoms with Crippen LogP contribution in [0, 0.1) is 12.3 Å². The van der Waals surface area contributed by atoms with Crippen molar-refractivity contribution in [1.29, 1.82) is 5.41 Å². The van der Waals surface area contributed by atoms with Gasteiger partial charge in [0.15, 0.2) is 11.7 Å². The van der Waals surface area contributed by atoms with Crippen LogP contribution in [-0.2, 0) is 9.63 Å². The number of rotatable bonds is 3. The van der Waals surface area contributed by atoms with Gasteiger partial charge in [-0.05, 0) is 49.8 Å². The van der Waals surface area contributed by atoms with Gasteiger partial charge in [-0.3, -0.25) is 10.2 Å². The van der Waals surface area contributed by atoms with E-state index in [-0.39, 0.29) is 28.0 Å². The van der Waals surface area contributed by atoms with E-state index in [4.69, 9.17) is 26.6 Å². The quantitative estimate of drug-likeness (QED) is 0.452. The summed E-state index contributed by atoms with van der Waals surface area (Å²) in [6.07, 6.45) is 3.07. The van der Waals surface area contributed by atoms with Crippen molar-refractivity contribution in [3.05, 3.63) is 81.6 Å². The molecule has 2 aromatic carbocycles. The fourth-order valence-electron chi connectivity index (χ4n) is 2.91. The predicted octanol–water partition coefficient (Wildman–Crippen LogP) is 4.32. The molecule has 2 heterocycles. The molecule has 2 aromatic rings. The van der Waals surface area contributed by atoms with Crippen molar-refractivity contribution in [3.63, 3.8) is 0 Å². The van der Waals surface area contributed by atoms with Crippen molar-refractivity contribution < 1.29 is 19.2 Å². The summed E-state index contributed by atoms with van der Waals surface area (Å²) < 4.78 is 5.37. The Labute approximate surface area is 177 Å². The fourth-order valence-corrected chi connectivity index (χ4v) is 3.13. The molecule has 30 heavy (non-hydrogen) atoms. The van der Waals surface area contributed by atoms with Crippen LogP contribution in [0.2, 0.25) is 5.02 Å². The predicted molar refractivity (Wildman–Crippen MR) is 112 cm³/mol. The van der Waals surface area contributed by atoms with Crippen molar-refractivity contribution in [3.8, 4) is 5.75 Å². The molecule has 0 radical (unpaired) electrons. The van der Waals surface area contributed by atoms with Gasteiger partial charge in [0.2, 0.25) is 0 Å². The van der Waals surface area contributed by atoms with E-state index in [2.05, 4.69) is 4.99 Å². The number of carbonyl (C=O) groups excluding carboxylic acids is 2. The van der Waals surface area contributed by atoms with Gasteiger partial charge in [0.1, 0.15) is 11.5 Å². The average Bonchev–Trinajstić information content (AvgIpc) is 3.08. The second-order valence-electron chi connectivity index (χ2n) is 6.77. The van der Waals surface area contributed by atoms with Crippen molar-refractivity contribution in [2.24, 2.45) is 4.99 Å². The molecule has 2 aliphatic heterocycles. The lowest BCUT2D eigenvalue weighted by Gasteiger charge is -2.23. The third kappa shape index (κ3) is 3.75. The lowest BCUT2D eigenvalue weighted by atomic mass is 10.1. The molecule has 0 unspecified atom stereocenters. The number of hydrogen-bond acceptors (Lipinski definition) is 5. The van der Waals surface area contributed by atoms with E-state index in [0.717, 1.165) is 5.56 Å². The molecule has 2 aliphatic rings. The van der Waals surface area contributed by atoms with Crippen molar-refractivity contribution >= 4 is 41.2 Å². The van der Waals surface area contributed by atoms with E-state index in [1.807, 2.05) is 19.1 Å². The van der Waals surface area contributed by atoms with Crippen LogP contribution in [0.5, 0.6) is 5.75 Å². The molecule has 0 atom stereocenters. The highest BCUT2D eigenvalue weighted by atomic mass is 35.5. The van der Waals surface area contributed by atoms with E-state index in [1.165, 1.54) is 17.2 Å². The summed E-state index contributed by atoms with van der Waals surface area (Å²) in [6.45, 7) is 3.63. The van der Waals surface area contributed by atoms with Crippen LogP contribution in [-0.4, -0.2) is 28.6 Å². The average molecular weight is 422 g/mol. The van der Waals surface area contributed by atoms with E-state index >= 15 is 0 Å². The van der Waals surface area contributed by atoms with Gasteiger partial charge in [-0.1, -0.05) is 35.4 Å². The number of esters is 1. The molecule has 0 aliphatic carbocycles. The minimum absolute atomic E-state index is 0.0577. The number of amides is 1. The molecule has 0 bridgehead atoms. The van der Waals surface area contributed by atoms with Crippen molar-refractivity contribution in [2.75, 3.05) is 0 Å². The Morgan fingerprint density at radius 1 is 1.20 bits per heavy atom. The van der Waals surface area contributed by atoms with Crippen LogP contribution in [0.4, 0.5) is 0 Å². The largest absolute Gasteiger partial charge is 0.421 e. The monoisotopic (exact) mass is 421 g/mol. The normalized spacial score (nSPS) is 16.8. The zero-order valence-corrected chi connectivity index (χ0v) is 16.9. The third-order valence-electron chi connectivity index (χ3n) is 4.44. The van der Waals surface area contributed by atoms with Crippen LogP contribution >= 0.6 is 11.6 Å². The number of nitrogens with zero attached hydrogens (tertiary/aromatic N) is 2. The number of aliphatic imine (C=N–C) groups is 1. The van der Waals surface area contributed by atoms with Crippen LogP contribution in [0.25, 0.3) is 6.08 Å². The minimum Gasteiger partial charge on any atom is -0.421 e. The molecule has 0 aromatic heterocycles. The summed E-state index contributed by atoms with van der Waals surface area (Å²) in [4.78, 5) is 33.9. The summed E-state index contributed by atoms with van der Waals surface area (Å²) in [5, 5.41) is 9.61. The molecule has 150 valence electrons. The molecule has 7 nitrogen and oxygen atoms in total. The van der Waals surface area contributed by atoms with Gasteiger partial charge in [0.25, 0.3) is 5.91 Å². The molecule has 4 rings (SSSR count). The van der Waals surface area contributed by atoms with Gasteiger partial charge in [-0.2, -0.15) is 4.99 Å². The molecule has 1 amide bonds. The first-order chi connectivity index (χ1) is 14.3. The highest BCUT2D eigenvalue weighted by molar-refractivity contribution is 6.33. The number of benzene rings is 2. The molecule has 0 fully saturated rings. The molecule has 0 saturated carbocycles. The van der Waals surface area contributed by atoms with Gasteiger partial charge in [0.05, 0.1) is 16.2 Å². The van der Waals surface area contributed by atoms with Crippen LogP contribution in [0.15, 0.2) is 64.9 Å². The van der Waals surface area contributed by atoms with E-state index in [0.29, 0.717) is 16.9 Å². The molecular weight excluding hydrogens is 406 g/mol. The first kappa shape index (κ1) is 19.6. The number of carbonyl (C=O) groups is 2. The highest BCUT2D eigenvalue weighted by Gasteiger charge is 2.34. The van der Waals surface area contributed by atoms with Gasteiger partial charge in [0, 0.05) is 6.08 Å². The SMILES string of the molecule is CC1=CC2=NC(=O)/C(=C/c3ccc(OC(=O)c4ccc(C)cc4)c(Cl)c3)C(=N)N2O1. The van der Waals surface area contributed by atoms with E-state index in [1.54, 1.807) is 37.3 Å². The lowest BCUT2D eigenvalue weighted by Crippen LogP contribution is -2.38. The Kier molecular flexibility index (Phi) is 4.97. The molecular formula is C22H16ClN3O4. The zero-order valence-electron chi connectivity index (χ0n) is 16.1. The van der Waals surface area contributed by atoms with Gasteiger partial charge < -0.3 is 9.57 Å². The number of aryl methyl sites for hydroxylation is 1.